The third-order valence-corrected chi connectivity index (χ3v) is 5.71. The number of fused-ring (bicyclic) bond motifs is 1. The standard InChI is InChI=1S/C19H19N3O2S2/c1-4-10-22-18(24)16-14(13-8-6-5-7-9-13)11-25-17(16)20-19(22)26-12-15(23)21(2)3/h4-9,11H,1,10,12H2,2-3H3. The Morgan fingerprint density at radius 3 is 2.73 bits per heavy atom. The van der Waals surface area contributed by atoms with Gasteiger partial charge in [-0.15, -0.1) is 17.9 Å². The first-order valence-corrected chi connectivity index (χ1v) is 9.90. The van der Waals surface area contributed by atoms with Crippen molar-refractivity contribution in [2.24, 2.45) is 0 Å². The maximum atomic E-state index is 13.1. The molecule has 0 aliphatic heterocycles. The van der Waals surface area contributed by atoms with E-state index in [-0.39, 0.29) is 17.2 Å². The average molecular weight is 386 g/mol. The van der Waals surface area contributed by atoms with Crippen LogP contribution in [0.25, 0.3) is 21.3 Å². The summed E-state index contributed by atoms with van der Waals surface area (Å²) in [6.45, 7) is 4.09. The van der Waals surface area contributed by atoms with Crippen LogP contribution < -0.4 is 5.56 Å². The van der Waals surface area contributed by atoms with E-state index in [0.29, 0.717) is 21.9 Å². The summed E-state index contributed by atoms with van der Waals surface area (Å²) in [5.74, 6) is 0.213. The number of allylic oxidation sites excluding steroid dienone is 1. The zero-order valence-electron chi connectivity index (χ0n) is 14.6. The maximum absolute atomic E-state index is 13.1. The van der Waals surface area contributed by atoms with Gasteiger partial charge in [-0.25, -0.2) is 4.98 Å². The van der Waals surface area contributed by atoms with E-state index >= 15 is 0 Å². The molecule has 0 unspecified atom stereocenters. The number of rotatable bonds is 6. The van der Waals surface area contributed by atoms with Crippen molar-refractivity contribution >= 4 is 39.2 Å². The molecule has 1 amide bonds. The molecule has 2 heterocycles. The molecule has 0 saturated heterocycles. The minimum atomic E-state index is -0.102. The minimum absolute atomic E-state index is 0.0225. The van der Waals surface area contributed by atoms with E-state index in [1.165, 1.54) is 28.0 Å². The molecule has 26 heavy (non-hydrogen) atoms. The lowest BCUT2D eigenvalue weighted by Gasteiger charge is -2.12. The third-order valence-electron chi connectivity index (χ3n) is 3.88. The predicted molar refractivity (Wildman–Crippen MR) is 109 cm³/mol. The second kappa shape index (κ2) is 7.88. The SMILES string of the molecule is C=CCn1c(SCC(=O)N(C)C)nc2scc(-c3ccccc3)c2c1=O. The molecule has 7 heteroatoms. The molecule has 0 spiro atoms. The molecule has 0 fully saturated rings. The van der Waals surface area contributed by atoms with E-state index in [0.717, 1.165) is 11.1 Å². The highest BCUT2D eigenvalue weighted by atomic mass is 32.2. The van der Waals surface area contributed by atoms with Gasteiger partial charge in [0.1, 0.15) is 4.83 Å². The largest absolute Gasteiger partial charge is 0.348 e. The number of nitrogens with zero attached hydrogens (tertiary/aromatic N) is 3. The van der Waals surface area contributed by atoms with Gasteiger partial charge in [0, 0.05) is 31.6 Å². The van der Waals surface area contributed by atoms with Crippen LogP contribution in [0.15, 0.2) is 58.3 Å². The molecule has 0 aliphatic rings. The number of thiophene rings is 1. The molecule has 0 bridgehead atoms. The van der Waals surface area contributed by atoms with E-state index in [4.69, 9.17) is 0 Å². The molecule has 0 N–H and O–H groups in total. The molecule has 3 aromatic rings. The number of benzene rings is 1. The smallest absolute Gasteiger partial charge is 0.263 e. The Bertz CT molecular complexity index is 1010. The summed E-state index contributed by atoms with van der Waals surface area (Å²) in [6.07, 6.45) is 1.67. The van der Waals surface area contributed by atoms with Crippen LogP contribution in [0.3, 0.4) is 0 Å². The van der Waals surface area contributed by atoms with Crippen LogP contribution in [0.4, 0.5) is 0 Å². The van der Waals surface area contributed by atoms with Crippen molar-refractivity contribution < 1.29 is 4.79 Å². The Hall–Kier alpha value is -2.38. The topological polar surface area (TPSA) is 55.2 Å². The molecule has 0 radical (unpaired) electrons. The lowest BCUT2D eigenvalue weighted by atomic mass is 10.1. The normalized spacial score (nSPS) is 10.8. The fourth-order valence-electron chi connectivity index (χ4n) is 2.49. The second-order valence-electron chi connectivity index (χ2n) is 5.87. The van der Waals surface area contributed by atoms with E-state index in [1.807, 2.05) is 35.7 Å². The van der Waals surface area contributed by atoms with Crippen LogP contribution in [-0.2, 0) is 11.3 Å². The molecule has 2 aromatic heterocycles. The van der Waals surface area contributed by atoms with Gasteiger partial charge in [-0.3, -0.25) is 14.2 Å². The molecule has 134 valence electrons. The molecular weight excluding hydrogens is 366 g/mol. The highest BCUT2D eigenvalue weighted by Gasteiger charge is 2.17. The van der Waals surface area contributed by atoms with Crippen LogP contribution in [0, 0.1) is 0 Å². The Balaban J connectivity index is 2.11. The quantitative estimate of drug-likeness (QED) is 0.370. The summed E-state index contributed by atoms with van der Waals surface area (Å²) in [5, 5.41) is 3.12. The molecular formula is C19H19N3O2S2. The van der Waals surface area contributed by atoms with E-state index < -0.39 is 0 Å². The number of carbonyl (C=O) groups excluding carboxylic acids is 1. The van der Waals surface area contributed by atoms with Gasteiger partial charge in [0.2, 0.25) is 5.91 Å². The zero-order valence-corrected chi connectivity index (χ0v) is 16.3. The first-order chi connectivity index (χ1) is 12.5. The van der Waals surface area contributed by atoms with Crippen molar-refractivity contribution in [1.29, 1.82) is 0 Å². The van der Waals surface area contributed by atoms with Crippen LogP contribution in [0.2, 0.25) is 0 Å². The highest BCUT2D eigenvalue weighted by Crippen LogP contribution is 2.32. The number of hydrogen-bond donors (Lipinski definition) is 0. The third kappa shape index (κ3) is 3.59. The van der Waals surface area contributed by atoms with Gasteiger partial charge in [0.25, 0.3) is 5.56 Å². The van der Waals surface area contributed by atoms with Crippen molar-refractivity contribution in [3.63, 3.8) is 0 Å². The maximum Gasteiger partial charge on any atom is 0.263 e. The monoisotopic (exact) mass is 385 g/mol. The summed E-state index contributed by atoms with van der Waals surface area (Å²) in [7, 11) is 3.42. The number of amides is 1. The van der Waals surface area contributed by atoms with Crippen LogP contribution >= 0.6 is 23.1 Å². The first-order valence-electron chi connectivity index (χ1n) is 8.04. The lowest BCUT2D eigenvalue weighted by molar-refractivity contribution is -0.125. The van der Waals surface area contributed by atoms with Crippen LogP contribution in [0.5, 0.6) is 0 Å². The molecule has 0 saturated carbocycles. The Morgan fingerprint density at radius 1 is 1.35 bits per heavy atom. The zero-order chi connectivity index (χ0) is 18.7. The first kappa shape index (κ1) is 18.4. The Labute approximate surface area is 160 Å². The average Bonchev–Trinajstić information content (AvgIpc) is 3.07. The fraction of sp³-hybridized carbons (Fsp3) is 0.211. The number of hydrogen-bond acceptors (Lipinski definition) is 5. The van der Waals surface area contributed by atoms with Gasteiger partial charge in [0.05, 0.1) is 11.1 Å². The van der Waals surface area contributed by atoms with E-state index in [9.17, 15) is 9.59 Å². The number of carbonyl (C=O) groups is 1. The Morgan fingerprint density at radius 2 is 2.08 bits per heavy atom. The molecule has 0 aliphatic carbocycles. The van der Waals surface area contributed by atoms with Gasteiger partial charge >= 0.3 is 0 Å². The molecule has 5 nitrogen and oxygen atoms in total. The van der Waals surface area contributed by atoms with Gasteiger partial charge < -0.3 is 4.90 Å². The summed E-state index contributed by atoms with van der Waals surface area (Å²) in [5.41, 5.74) is 1.78. The Kier molecular flexibility index (Phi) is 5.58. The van der Waals surface area contributed by atoms with Crippen molar-refractivity contribution in [3.05, 3.63) is 58.7 Å². The van der Waals surface area contributed by atoms with Crippen molar-refractivity contribution in [2.45, 2.75) is 11.7 Å². The van der Waals surface area contributed by atoms with Gasteiger partial charge in [-0.2, -0.15) is 0 Å². The summed E-state index contributed by atoms with van der Waals surface area (Å²) >= 11 is 2.72. The summed E-state index contributed by atoms with van der Waals surface area (Å²) < 4.78 is 1.59. The van der Waals surface area contributed by atoms with Crippen molar-refractivity contribution in [2.75, 3.05) is 19.8 Å². The van der Waals surface area contributed by atoms with Gasteiger partial charge in [-0.05, 0) is 5.56 Å². The predicted octanol–water partition coefficient (Wildman–Crippen LogP) is 3.49. The van der Waals surface area contributed by atoms with Crippen LogP contribution in [0.1, 0.15) is 0 Å². The number of thioether (sulfide) groups is 1. The summed E-state index contributed by atoms with van der Waals surface area (Å²) in [4.78, 5) is 31.9. The minimum Gasteiger partial charge on any atom is -0.348 e. The highest BCUT2D eigenvalue weighted by molar-refractivity contribution is 7.99. The lowest BCUT2D eigenvalue weighted by Crippen LogP contribution is -2.26. The van der Waals surface area contributed by atoms with Gasteiger partial charge in [0.15, 0.2) is 5.16 Å². The summed E-state index contributed by atoms with van der Waals surface area (Å²) in [6, 6.07) is 9.81. The second-order valence-corrected chi connectivity index (χ2v) is 7.67. The van der Waals surface area contributed by atoms with Crippen LogP contribution in [-0.4, -0.2) is 40.2 Å². The molecule has 3 rings (SSSR count). The van der Waals surface area contributed by atoms with Gasteiger partial charge in [-0.1, -0.05) is 48.2 Å². The van der Waals surface area contributed by atoms with E-state index in [2.05, 4.69) is 11.6 Å². The van der Waals surface area contributed by atoms with Crippen molar-refractivity contribution in [3.8, 4) is 11.1 Å². The fourth-order valence-corrected chi connectivity index (χ4v) is 4.47. The molecule has 0 atom stereocenters. The van der Waals surface area contributed by atoms with Crippen molar-refractivity contribution in [1.82, 2.24) is 14.5 Å². The number of aromatic nitrogens is 2. The molecule has 1 aromatic carbocycles. The van der Waals surface area contributed by atoms with E-state index in [1.54, 1.807) is 24.7 Å².